The highest BCUT2D eigenvalue weighted by Gasteiger charge is 2.68. The minimum Gasteiger partial charge on any atom is -0.461 e. The van der Waals surface area contributed by atoms with Crippen molar-refractivity contribution in [1.29, 1.82) is 0 Å². The monoisotopic (exact) mass is 252 g/mol. The largest absolute Gasteiger partial charge is 0.461 e. The summed E-state index contributed by atoms with van der Waals surface area (Å²) in [7, 11) is 0. The van der Waals surface area contributed by atoms with Gasteiger partial charge in [0.1, 0.15) is 6.61 Å². The first kappa shape index (κ1) is 13.6. The Balaban J connectivity index is 1.99. The molecule has 0 spiro atoms. The van der Waals surface area contributed by atoms with Gasteiger partial charge in [0.2, 0.25) is 0 Å². The number of rotatable bonds is 2. The van der Waals surface area contributed by atoms with Crippen molar-refractivity contribution in [3.05, 3.63) is 11.6 Å². The third-order valence-corrected chi connectivity index (χ3v) is 4.79. The van der Waals surface area contributed by atoms with Crippen LogP contribution < -0.4 is 0 Å². The molecule has 0 aromatic heterocycles. The van der Waals surface area contributed by atoms with Gasteiger partial charge in [-0.2, -0.15) is 0 Å². The third-order valence-electron chi connectivity index (χ3n) is 4.79. The maximum Gasteiger partial charge on any atom is 0.311 e. The number of hydrogen-bond acceptors (Lipinski definition) is 3. The molecule has 0 heterocycles. The highest BCUT2D eigenvalue weighted by atomic mass is 16.5. The maximum atomic E-state index is 11.7. The molecule has 1 N–H and O–H groups in total. The minimum absolute atomic E-state index is 0.0903. The molecule has 0 radical (unpaired) electrons. The molecule has 102 valence electrons. The molecule has 0 amide bonds. The summed E-state index contributed by atoms with van der Waals surface area (Å²) in [6, 6.07) is 0. The maximum absolute atomic E-state index is 11.7. The molecule has 1 fully saturated rings. The van der Waals surface area contributed by atoms with Crippen LogP contribution in [0, 0.1) is 22.7 Å². The molecule has 2 rings (SSSR count). The number of aliphatic hydroxyl groups is 1. The van der Waals surface area contributed by atoms with E-state index in [1.54, 1.807) is 0 Å². The van der Waals surface area contributed by atoms with Gasteiger partial charge in [0.25, 0.3) is 0 Å². The smallest absolute Gasteiger partial charge is 0.311 e. The number of carbonyl (C=O) groups excluding carboxylic acids is 1. The molecule has 2 aliphatic carbocycles. The zero-order valence-corrected chi connectivity index (χ0v) is 12.2. The van der Waals surface area contributed by atoms with Crippen LogP contribution in [0.4, 0.5) is 0 Å². The predicted molar refractivity (Wildman–Crippen MR) is 69.9 cm³/mol. The lowest BCUT2D eigenvalue weighted by Crippen LogP contribution is -2.71. The number of esters is 1. The molecule has 0 bridgehead atoms. The van der Waals surface area contributed by atoms with E-state index in [0.717, 1.165) is 5.57 Å². The number of hydrogen-bond donors (Lipinski definition) is 1. The molecule has 1 unspecified atom stereocenters. The predicted octanol–water partition coefficient (Wildman–Crippen LogP) is 2.54. The van der Waals surface area contributed by atoms with Crippen LogP contribution in [0.3, 0.4) is 0 Å². The zero-order valence-electron chi connectivity index (χ0n) is 12.2. The van der Waals surface area contributed by atoms with Gasteiger partial charge in [-0.25, -0.2) is 0 Å². The summed E-state index contributed by atoms with van der Waals surface area (Å²) in [5, 5.41) is 10.4. The molecule has 0 saturated heterocycles. The highest BCUT2D eigenvalue weighted by Crippen LogP contribution is 2.66. The van der Waals surface area contributed by atoms with Crippen LogP contribution in [0.2, 0.25) is 0 Å². The molecule has 2 aliphatic rings. The van der Waals surface area contributed by atoms with Gasteiger partial charge in [0, 0.05) is 5.92 Å². The van der Waals surface area contributed by atoms with E-state index in [2.05, 4.69) is 20.8 Å². The van der Waals surface area contributed by atoms with Crippen LogP contribution in [-0.4, -0.2) is 23.3 Å². The lowest BCUT2D eigenvalue weighted by Gasteiger charge is -2.68. The van der Waals surface area contributed by atoms with E-state index < -0.39 is 11.0 Å². The molecule has 3 nitrogen and oxygen atoms in total. The van der Waals surface area contributed by atoms with Gasteiger partial charge < -0.3 is 9.84 Å². The summed E-state index contributed by atoms with van der Waals surface area (Å²) >= 11 is 0. The second-order valence-corrected chi connectivity index (χ2v) is 7.41. The molecule has 3 atom stereocenters. The lowest BCUT2D eigenvalue weighted by molar-refractivity contribution is -0.212. The molecule has 18 heavy (non-hydrogen) atoms. The van der Waals surface area contributed by atoms with Gasteiger partial charge in [-0.1, -0.05) is 20.8 Å². The Morgan fingerprint density at radius 3 is 2.44 bits per heavy atom. The Labute approximate surface area is 109 Å². The van der Waals surface area contributed by atoms with E-state index in [1.807, 2.05) is 26.8 Å². The van der Waals surface area contributed by atoms with Crippen molar-refractivity contribution in [1.82, 2.24) is 0 Å². The molecule has 0 aromatic carbocycles. The van der Waals surface area contributed by atoms with Crippen LogP contribution in [0.1, 0.15) is 41.5 Å². The van der Waals surface area contributed by atoms with Crippen LogP contribution in [-0.2, 0) is 9.53 Å². The summed E-state index contributed by atoms with van der Waals surface area (Å²) in [4.78, 5) is 11.7. The third kappa shape index (κ3) is 1.63. The average molecular weight is 252 g/mol. The van der Waals surface area contributed by atoms with Gasteiger partial charge >= 0.3 is 5.97 Å². The van der Waals surface area contributed by atoms with E-state index >= 15 is 0 Å². The molecule has 0 aliphatic heterocycles. The minimum atomic E-state index is -0.660. The van der Waals surface area contributed by atoms with E-state index in [0.29, 0.717) is 6.61 Å². The van der Waals surface area contributed by atoms with E-state index in [-0.39, 0.29) is 23.2 Å². The summed E-state index contributed by atoms with van der Waals surface area (Å²) in [6.45, 7) is 12.2. The van der Waals surface area contributed by atoms with E-state index in [1.165, 1.54) is 0 Å². The van der Waals surface area contributed by atoms with Crippen LogP contribution >= 0.6 is 0 Å². The van der Waals surface area contributed by atoms with Crippen molar-refractivity contribution in [3.63, 3.8) is 0 Å². The van der Waals surface area contributed by atoms with Gasteiger partial charge in [0.05, 0.1) is 11.0 Å². The fourth-order valence-corrected chi connectivity index (χ4v) is 3.35. The Morgan fingerprint density at radius 2 is 2.00 bits per heavy atom. The number of ether oxygens (including phenoxy) is 1. The average Bonchev–Trinajstić information content (AvgIpc) is 2.19. The van der Waals surface area contributed by atoms with Crippen molar-refractivity contribution in [2.75, 3.05) is 6.61 Å². The first-order valence-electron chi connectivity index (χ1n) is 6.62. The Morgan fingerprint density at radius 1 is 1.44 bits per heavy atom. The fourth-order valence-electron chi connectivity index (χ4n) is 3.35. The summed E-state index contributed by atoms with van der Waals surface area (Å²) in [6.07, 6.45) is 1.88. The van der Waals surface area contributed by atoms with Crippen molar-refractivity contribution >= 4 is 5.97 Å². The Kier molecular flexibility index (Phi) is 2.72. The fraction of sp³-hybridized carbons (Fsp3) is 0.800. The first-order valence-corrected chi connectivity index (χ1v) is 6.62. The molecule has 1 saturated carbocycles. The van der Waals surface area contributed by atoms with E-state index in [9.17, 15) is 9.90 Å². The highest BCUT2D eigenvalue weighted by molar-refractivity contribution is 5.75. The second-order valence-electron chi connectivity index (χ2n) is 7.41. The SMILES string of the molecule is C[C@@H]1C(C)(C)[C@H]2C(COC(=O)C(C)(C)C)=CC12O. The number of carbonyl (C=O) groups is 1. The van der Waals surface area contributed by atoms with E-state index in [4.69, 9.17) is 4.74 Å². The zero-order chi connectivity index (χ0) is 13.9. The van der Waals surface area contributed by atoms with Crippen LogP contribution in [0.5, 0.6) is 0 Å². The summed E-state index contributed by atoms with van der Waals surface area (Å²) < 4.78 is 5.32. The lowest BCUT2D eigenvalue weighted by atomic mass is 9.39. The molecular formula is C15H24O3. The van der Waals surface area contributed by atoms with Gasteiger partial charge in [-0.05, 0) is 43.8 Å². The molecule has 3 heteroatoms. The Bertz CT molecular complexity index is 414. The quantitative estimate of drug-likeness (QED) is 0.607. The molecular weight excluding hydrogens is 228 g/mol. The topological polar surface area (TPSA) is 46.5 Å². The van der Waals surface area contributed by atoms with Crippen molar-refractivity contribution < 1.29 is 14.6 Å². The summed E-state index contributed by atoms with van der Waals surface area (Å²) in [5.74, 6) is 0.217. The summed E-state index contributed by atoms with van der Waals surface area (Å²) in [5.41, 5.74) is 0.0291. The van der Waals surface area contributed by atoms with Gasteiger partial charge in [-0.15, -0.1) is 0 Å². The van der Waals surface area contributed by atoms with Gasteiger partial charge in [0.15, 0.2) is 0 Å². The molecule has 0 aromatic rings. The van der Waals surface area contributed by atoms with Crippen molar-refractivity contribution in [2.45, 2.75) is 47.1 Å². The van der Waals surface area contributed by atoms with Crippen molar-refractivity contribution in [2.24, 2.45) is 22.7 Å². The first-order chi connectivity index (χ1) is 8.01. The normalized spacial score (nSPS) is 36.9. The van der Waals surface area contributed by atoms with Crippen LogP contribution in [0.15, 0.2) is 11.6 Å². The van der Waals surface area contributed by atoms with Crippen LogP contribution in [0.25, 0.3) is 0 Å². The standard InChI is InChI=1S/C15H24O3/c1-9-14(5,6)11-10(7-15(9,11)17)8-18-12(16)13(2,3)4/h7,9,11,17H,8H2,1-6H3/t9-,11-,15?/m1/s1. The second kappa shape index (κ2) is 3.60. The Hall–Kier alpha value is -0.830. The van der Waals surface area contributed by atoms with Crippen molar-refractivity contribution in [3.8, 4) is 0 Å². The number of fused-ring (bicyclic) bond motifs is 1. The van der Waals surface area contributed by atoms with Gasteiger partial charge in [-0.3, -0.25) is 4.79 Å².